The third-order valence-corrected chi connectivity index (χ3v) is 7.04. The molecule has 0 fully saturated rings. The highest BCUT2D eigenvalue weighted by Gasteiger charge is 2.36. The second-order valence-electron chi connectivity index (χ2n) is 9.39. The maximum absolute atomic E-state index is 13.8. The van der Waals surface area contributed by atoms with Crippen molar-refractivity contribution in [3.05, 3.63) is 137 Å². The molecule has 178 valence electrons. The summed E-state index contributed by atoms with van der Waals surface area (Å²) < 4.78 is 6.26. The zero-order valence-electron chi connectivity index (χ0n) is 20.0. The lowest BCUT2D eigenvalue weighted by atomic mass is 9.78. The van der Waals surface area contributed by atoms with Gasteiger partial charge in [-0.2, -0.15) is 0 Å². The SMILES string of the molecule is O=C1C[C@H](c2ccccc2OCc2ccccc2)CC2=C1[C@@H](c1ccccc1)Nc1ccccc1N2. The summed E-state index contributed by atoms with van der Waals surface area (Å²) in [7, 11) is 0. The first-order chi connectivity index (χ1) is 17.8. The van der Waals surface area contributed by atoms with E-state index >= 15 is 0 Å². The van der Waals surface area contributed by atoms with Crippen LogP contribution in [0.5, 0.6) is 5.75 Å². The second-order valence-corrected chi connectivity index (χ2v) is 9.39. The third-order valence-electron chi connectivity index (χ3n) is 7.04. The number of hydrogen-bond donors (Lipinski definition) is 2. The zero-order chi connectivity index (χ0) is 24.3. The van der Waals surface area contributed by atoms with Crippen LogP contribution < -0.4 is 15.4 Å². The number of anilines is 2. The van der Waals surface area contributed by atoms with E-state index in [9.17, 15) is 4.79 Å². The summed E-state index contributed by atoms with van der Waals surface area (Å²) in [5, 5.41) is 7.27. The second kappa shape index (κ2) is 9.74. The van der Waals surface area contributed by atoms with Gasteiger partial charge in [0.15, 0.2) is 5.78 Å². The number of fused-ring (bicyclic) bond motifs is 1. The Kier molecular flexibility index (Phi) is 6.00. The Labute approximate surface area is 211 Å². The van der Waals surface area contributed by atoms with Gasteiger partial charge in [-0.15, -0.1) is 0 Å². The van der Waals surface area contributed by atoms with Gasteiger partial charge in [-0.1, -0.05) is 91.0 Å². The topological polar surface area (TPSA) is 50.4 Å². The molecule has 4 aromatic rings. The van der Waals surface area contributed by atoms with Crippen LogP contribution in [0.2, 0.25) is 0 Å². The first-order valence-corrected chi connectivity index (χ1v) is 12.5. The molecule has 2 N–H and O–H groups in total. The number of carbonyl (C=O) groups is 1. The van der Waals surface area contributed by atoms with E-state index in [0.717, 1.165) is 51.5 Å². The lowest BCUT2D eigenvalue weighted by Crippen LogP contribution is -2.27. The molecule has 1 aliphatic carbocycles. The van der Waals surface area contributed by atoms with Gasteiger partial charge in [0, 0.05) is 23.6 Å². The largest absolute Gasteiger partial charge is 0.489 e. The molecule has 4 aromatic carbocycles. The van der Waals surface area contributed by atoms with E-state index in [1.165, 1.54) is 0 Å². The van der Waals surface area contributed by atoms with Crippen LogP contribution in [0, 0.1) is 0 Å². The summed E-state index contributed by atoms with van der Waals surface area (Å²) in [5.74, 6) is 1.05. The minimum atomic E-state index is -0.199. The fourth-order valence-electron chi connectivity index (χ4n) is 5.29. The van der Waals surface area contributed by atoms with Crippen LogP contribution in [0.25, 0.3) is 0 Å². The number of ketones is 1. The number of Topliss-reactive ketones (excluding diaryl/α,β-unsaturated/α-hetero) is 1. The van der Waals surface area contributed by atoms with Gasteiger partial charge < -0.3 is 15.4 Å². The number of hydrogen-bond acceptors (Lipinski definition) is 4. The molecule has 1 heterocycles. The smallest absolute Gasteiger partial charge is 0.163 e. The normalized spacial score (nSPS) is 18.8. The van der Waals surface area contributed by atoms with Crippen molar-refractivity contribution in [3.8, 4) is 5.75 Å². The molecule has 2 aliphatic rings. The van der Waals surface area contributed by atoms with Gasteiger partial charge in [0.1, 0.15) is 12.4 Å². The van der Waals surface area contributed by atoms with E-state index in [2.05, 4.69) is 53.1 Å². The van der Waals surface area contributed by atoms with Crippen LogP contribution in [0.1, 0.15) is 41.5 Å². The summed E-state index contributed by atoms with van der Waals surface area (Å²) in [6.45, 7) is 0.498. The number of benzene rings is 4. The molecule has 1 aliphatic heterocycles. The monoisotopic (exact) mass is 472 g/mol. The van der Waals surface area contributed by atoms with Crippen LogP contribution in [0.3, 0.4) is 0 Å². The molecular formula is C32H28N2O2. The average molecular weight is 473 g/mol. The summed E-state index contributed by atoms with van der Waals surface area (Å²) in [4.78, 5) is 13.8. The Morgan fingerprint density at radius 3 is 2.19 bits per heavy atom. The van der Waals surface area contributed by atoms with Crippen LogP contribution in [-0.4, -0.2) is 5.78 Å². The van der Waals surface area contributed by atoms with Crippen molar-refractivity contribution in [2.75, 3.05) is 10.6 Å². The molecule has 0 radical (unpaired) electrons. The Morgan fingerprint density at radius 2 is 1.39 bits per heavy atom. The standard InChI is InChI=1S/C32H28N2O2/c35-29-20-24(25-15-7-10-18-30(25)36-21-22-11-3-1-4-12-22)19-28-31(29)32(23-13-5-2-6-14-23)34-27-17-9-8-16-26(27)33-28/h1-18,24,32-34H,19-21H2/t24-,32-/m1/s1. The predicted molar refractivity (Wildman–Crippen MR) is 144 cm³/mol. The van der Waals surface area contributed by atoms with Gasteiger partial charge in [0.2, 0.25) is 0 Å². The molecule has 6 rings (SSSR count). The fraction of sp³-hybridized carbons (Fsp3) is 0.156. The highest BCUT2D eigenvalue weighted by molar-refractivity contribution is 6.01. The van der Waals surface area contributed by atoms with Crippen molar-refractivity contribution in [2.45, 2.75) is 31.4 Å². The number of carbonyl (C=O) groups excluding carboxylic acids is 1. The summed E-state index contributed by atoms with van der Waals surface area (Å²) >= 11 is 0. The lowest BCUT2D eigenvalue weighted by molar-refractivity contribution is -0.116. The molecule has 0 amide bonds. The van der Waals surface area contributed by atoms with Crippen molar-refractivity contribution in [2.24, 2.45) is 0 Å². The Morgan fingerprint density at radius 1 is 0.722 bits per heavy atom. The minimum Gasteiger partial charge on any atom is -0.489 e. The first-order valence-electron chi connectivity index (χ1n) is 12.5. The molecule has 0 unspecified atom stereocenters. The quantitative estimate of drug-likeness (QED) is 0.321. The van der Waals surface area contributed by atoms with Crippen LogP contribution in [0.4, 0.5) is 11.4 Å². The zero-order valence-corrected chi connectivity index (χ0v) is 20.0. The summed E-state index contributed by atoms with van der Waals surface area (Å²) in [5.41, 5.74) is 7.09. The Bertz CT molecular complexity index is 1410. The van der Waals surface area contributed by atoms with Gasteiger partial charge in [-0.25, -0.2) is 0 Å². The number of ether oxygens (including phenoxy) is 1. The van der Waals surface area contributed by atoms with E-state index < -0.39 is 0 Å². The minimum absolute atomic E-state index is 0.0393. The molecule has 0 saturated heterocycles. The molecular weight excluding hydrogens is 444 g/mol. The van der Waals surface area contributed by atoms with Gasteiger partial charge >= 0.3 is 0 Å². The molecule has 4 heteroatoms. The molecule has 0 saturated carbocycles. The number of allylic oxidation sites excluding steroid dienone is 1. The van der Waals surface area contributed by atoms with E-state index in [1.807, 2.05) is 66.7 Å². The van der Waals surface area contributed by atoms with Gasteiger partial charge in [0.05, 0.1) is 17.4 Å². The summed E-state index contributed by atoms with van der Waals surface area (Å²) in [6, 6.07) is 36.5. The number of nitrogens with one attached hydrogen (secondary N) is 2. The third kappa shape index (κ3) is 4.38. The fourth-order valence-corrected chi connectivity index (χ4v) is 5.29. The highest BCUT2D eigenvalue weighted by atomic mass is 16.5. The van der Waals surface area contributed by atoms with Gasteiger partial charge in [-0.05, 0) is 41.3 Å². The van der Waals surface area contributed by atoms with E-state index in [0.29, 0.717) is 13.0 Å². The van der Waals surface area contributed by atoms with Crippen molar-refractivity contribution < 1.29 is 9.53 Å². The van der Waals surface area contributed by atoms with Crippen LogP contribution in [0.15, 0.2) is 120 Å². The Balaban J connectivity index is 1.35. The number of para-hydroxylation sites is 3. The molecule has 0 aromatic heterocycles. The van der Waals surface area contributed by atoms with Crippen LogP contribution >= 0.6 is 0 Å². The number of rotatable bonds is 5. The maximum atomic E-state index is 13.8. The lowest BCUT2D eigenvalue weighted by Gasteiger charge is -2.30. The first kappa shape index (κ1) is 22.2. The van der Waals surface area contributed by atoms with Gasteiger partial charge in [0.25, 0.3) is 0 Å². The maximum Gasteiger partial charge on any atom is 0.163 e. The molecule has 0 spiro atoms. The van der Waals surface area contributed by atoms with Crippen molar-refractivity contribution in [3.63, 3.8) is 0 Å². The molecule has 4 nitrogen and oxygen atoms in total. The Hall–Kier alpha value is -4.31. The van der Waals surface area contributed by atoms with Crippen molar-refractivity contribution >= 4 is 17.2 Å². The molecule has 36 heavy (non-hydrogen) atoms. The molecule has 0 bridgehead atoms. The van der Waals surface area contributed by atoms with E-state index in [1.54, 1.807) is 0 Å². The van der Waals surface area contributed by atoms with E-state index in [4.69, 9.17) is 4.74 Å². The summed E-state index contributed by atoms with van der Waals surface area (Å²) in [6.07, 6.45) is 1.19. The predicted octanol–water partition coefficient (Wildman–Crippen LogP) is 7.25. The van der Waals surface area contributed by atoms with Crippen molar-refractivity contribution in [1.82, 2.24) is 0 Å². The highest BCUT2D eigenvalue weighted by Crippen LogP contribution is 2.45. The van der Waals surface area contributed by atoms with Crippen LogP contribution in [-0.2, 0) is 11.4 Å². The average Bonchev–Trinajstić information content (AvgIpc) is 3.10. The van der Waals surface area contributed by atoms with Crippen molar-refractivity contribution in [1.29, 1.82) is 0 Å². The molecule has 2 atom stereocenters. The van der Waals surface area contributed by atoms with Gasteiger partial charge in [-0.3, -0.25) is 4.79 Å². The van der Waals surface area contributed by atoms with E-state index in [-0.39, 0.29) is 17.7 Å².